The van der Waals surface area contributed by atoms with Crippen LogP contribution in [0.2, 0.25) is 10.0 Å². The van der Waals surface area contributed by atoms with Crippen molar-refractivity contribution in [2.75, 3.05) is 14.2 Å². The lowest BCUT2D eigenvalue weighted by Crippen LogP contribution is -2.14. The molecule has 0 bridgehead atoms. The molecule has 0 fully saturated rings. The average Bonchev–Trinajstić information content (AvgIpc) is 2.44. The Morgan fingerprint density at radius 1 is 1.25 bits per heavy atom. The van der Waals surface area contributed by atoms with Gasteiger partial charge in [0.05, 0.1) is 22.8 Å². The summed E-state index contributed by atoms with van der Waals surface area (Å²) in [5.74, 6) is 0.361. The number of hydrogen-bond acceptors (Lipinski definition) is 4. The van der Waals surface area contributed by atoms with E-state index in [0.717, 1.165) is 5.56 Å². The Morgan fingerprint density at radius 2 is 2.00 bits per heavy atom. The highest BCUT2D eigenvalue weighted by atomic mass is 35.5. The highest BCUT2D eigenvalue weighted by Crippen LogP contribution is 2.23. The molecule has 1 aromatic rings. The van der Waals surface area contributed by atoms with Crippen LogP contribution in [-0.2, 0) is 4.84 Å². The zero-order chi connectivity index (χ0) is 15.0. The Balaban J connectivity index is 2.85. The molecule has 0 aliphatic carbocycles. The van der Waals surface area contributed by atoms with Crippen molar-refractivity contribution in [1.82, 2.24) is 0 Å². The van der Waals surface area contributed by atoms with E-state index in [1.807, 2.05) is 6.07 Å². The molecule has 2 N–H and O–H groups in total. The predicted molar refractivity (Wildman–Crippen MR) is 81.6 cm³/mol. The standard InChI is InChI=1S/C12H15Cl2N5O/c1-16-19-17-12(15)6-5-11(18-20-2)8-3-4-9(13)10(14)7-8/h3-4,7H,5-6H2,1-2H3,(H2,15,16,17)/b18-11-. The van der Waals surface area contributed by atoms with Crippen LogP contribution in [0, 0.1) is 0 Å². The molecule has 20 heavy (non-hydrogen) atoms. The lowest BCUT2D eigenvalue weighted by Gasteiger charge is -2.06. The lowest BCUT2D eigenvalue weighted by atomic mass is 10.1. The van der Waals surface area contributed by atoms with Crippen molar-refractivity contribution in [3.05, 3.63) is 33.8 Å². The second-order valence-electron chi connectivity index (χ2n) is 3.73. The van der Waals surface area contributed by atoms with E-state index < -0.39 is 0 Å². The summed E-state index contributed by atoms with van der Waals surface area (Å²) in [5.41, 5.74) is 7.19. The molecular weight excluding hydrogens is 301 g/mol. The summed E-state index contributed by atoms with van der Waals surface area (Å²) in [7, 11) is 2.99. The van der Waals surface area contributed by atoms with Gasteiger partial charge in [0.15, 0.2) is 0 Å². The van der Waals surface area contributed by atoms with Crippen molar-refractivity contribution in [2.45, 2.75) is 12.8 Å². The molecular formula is C12H15Cl2N5O. The molecule has 0 atom stereocenters. The largest absolute Gasteiger partial charge is 0.399 e. The molecule has 0 aromatic heterocycles. The highest BCUT2D eigenvalue weighted by Gasteiger charge is 2.08. The van der Waals surface area contributed by atoms with Crippen molar-refractivity contribution in [2.24, 2.45) is 26.3 Å². The summed E-state index contributed by atoms with van der Waals surface area (Å²) in [6.07, 6.45) is 1.00. The molecule has 0 aliphatic heterocycles. The monoisotopic (exact) mass is 315 g/mol. The van der Waals surface area contributed by atoms with Gasteiger partial charge in [0.1, 0.15) is 12.9 Å². The van der Waals surface area contributed by atoms with Crippen molar-refractivity contribution in [3.63, 3.8) is 0 Å². The van der Waals surface area contributed by atoms with Gasteiger partial charge < -0.3 is 10.6 Å². The van der Waals surface area contributed by atoms with Crippen LogP contribution in [-0.4, -0.2) is 25.7 Å². The van der Waals surface area contributed by atoms with Crippen LogP contribution >= 0.6 is 23.2 Å². The lowest BCUT2D eigenvalue weighted by molar-refractivity contribution is 0.213. The zero-order valence-corrected chi connectivity index (χ0v) is 12.7. The summed E-state index contributed by atoms with van der Waals surface area (Å²) >= 11 is 11.9. The smallest absolute Gasteiger partial charge is 0.124 e. The fraction of sp³-hybridized carbons (Fsp3) is 0.333. The van der Waals surface area contributed by atoms with Gasteiger partial charge in [-0.1, -0.05) is 34.4 Å². The van der Waals surface area contributed by atoms with Crippen molar-refractivity contribution in [1.29, 1.82) is 0 Å². The summed E-state index contributed by atoms with van der Waals surface area (Å²) in [4.78, 5) is 4.83. The normalized spacial score (nSPS) is 13.0. The number of rotatable bonds is 6. The van der Waals surface area contributed by atoms with Crippen molar-refractivity contribution >= 4 is 34.7 Å². The summed E-state index contributed by atoms with van der Waals surface area (Å²) in [5, 5.41) is 15.6. The van der Waals surface area contributed by atoms with Gasteiger partial charge in [-0.3, -0.25) is 0 Å². The average molecular weight is 316 g/mol. The van der Waals surface area contributed by atoms with Crippen LogP contribution in [0.4, 0.5) is 0 Å². The van der Waals surface area contributed by atoms with E-state index >= 15 is 0 Å². The highest BCUT2D eigenvalue weighted by molar-refractivity contribution is 6.42. The van der Waals surface area contributed by atoms with Gasteiger partial charge in [0.2, 0.25) is 0 Å². The van der Waals surface area contributed by atoms with Gasteiger partial charge in [-0.05, 0) is 17.4 Å². The number of hydrogen-bond donors (Lipinski definition) is 1. The van der Waals surface area contributed by atoms with Crippen LogP contribution in [0.5, 0.6) is 0 Å². The molecule has 0 aliphatic rings. The van der Waals surface area contributed by atoms with Gasteiger partial charge in [0.25, 0.3) is 0 Å². The van der Waals surface area contributed by atoms with E-state index in [1.54, 1.807) is 12.1 Å². The van der Waals surface area contributed by atoms with Gasteiger partial charge in [-0.15, -0.1) is 5.10 Å². The van der Waals surface area contributed by atoms with E-state index in [-0.39, 0.29) is 0 Å². The van der Waals surface area contributed by atoms with Crippen LogP contribution in [0.3, 0.4) is 0 Å². The molecule has 108 valence electrons. The maximum absolute atomic E-state index is 5.99. The minimum atomic E-state index is 0.361. The van der Waals surface area contributed by atoms with Gasteiger partial charge in [0, 0.05) is 18.4 Å². The number of nitrogens with zero attached hydrogens (tertiary/aromatic N) is 4. The van der Waals surface area contributed by atoms with Crippen LogP contribution in [0.15, 0.2) is 38.8 Å². The number of benzene rings is 1. The predicted octanol–water partition coefficient (Wildman–Crippen LogP) is 3.48. The first-order valence-corrected chi connectivity index (χ1v) is 6.50. The maximum atomic E-state index is 5.99. The van der Waals surface area contributed by atoms with Crippen molar-refractivity contribution < 1.29 is 4.84 Å². The topological polar surface area (TPSA) is 84.7 Å². The minimum absolute atomic E-state index is 0.361. The first-order chi connectivity index (χ1) is 9.58. The van der Waals surface area contributed by atoms with Crippen LogP contribution in [0.25, 0.3) is 0 Å². The molecule has 0 saturated carbocycles. The van der Waals surface area contributed by atoms with E-state index in [4.69, 9.17) is 33.8 Å². The third-order valence-corrected chi connectivity index (χ3v) is 3.07. The molecule has 0 radical (unpaired) electrons. The third-order valence-electron chi connectivity index (χ3n) is 2.33. The van der Waals surface area contributed by atoms with Gasteiger partial charge in [-0.25, -0.2) is 0 Å². The first kappa shape index (κ1) is 16.4. The fourth-order valence-electron chi connectivity index (χ4n) is 1.43. The fourth-order valence-corrected chi connectivity index (χ4v) is 1.73. The van der Waals surface area contributed by atoms with Crippen molar-refractivity contribution in [3.8, 4) is 0 Å². The van der Waals surface area contributed by atoms with Gasteiger partial charge >= 0.3 is 0 Å². The van der Waals surface area contributed by atoms with E-state index in [2.05, 4.69) is 20.6 Å². The third kappa shape index (κ3) is 5.14. The molecule has 1 aromatic carbocycles. The molecule has 8 heteroatoms. The summed E-state index contributed by atoms with van der Waals surface area (Å²) in [6, 6.07) is 5.24. The Labute approximate surface area is 127 Å². The van der Waals surface area contributed by atoms with Crippen LogP contribution < -0.4 is 5.73 Å². The van der Waals surface area contributed by atoms with Gasteiger partial charge in [-0.2, -0.15) is 5.11 Å². The zero-order valence-electron chi connectivity index (χ0n) is 11.2. The molecule has 0 amide bonds. The number of halogens is 2. The second kappa shape index (κ2) is 8.50. The molecule has 0 unspecified atom stereocenters. The van der Waals surface area contributed by atoms with Crippen LogP contribution in [0.1, 0.15) is 18.4 Å². The number of amidine groups is 1. The first-order valence-electron chi connectivity index (χ1n) is 5.75. The Hall–Kier alpha value is -1.66. The minimum Gasteiger partial charge on any atom is -0.399 e. The SMILES string of the molecule is CN=N/N=C(\N)CC/C(=N/OC)c1ccc(Cl)c(Cl)c1. The molecule has 0 spiro atoms. The Bertz CT molecular complexity index is 543. The molecule has 1 rings (SSSR count). The number of nitrogens with two attached hydrogens (primary N) is 1. The summed E-state index contributed by atoms with van der Waals surface area (Å²) in [6.45, 7) is 0. The number of oxime groups is 1. The van der Waals surface area contributed by atoms with E-state index in [9.17, 15) is 0 Å². The van der Waals surface area contributed by atoms with E-state index in [0.29, 0.717) is 34.4 Å². The quantitative estimate of drug-likeness (QED) is 0.377. The maximum Gasteiger partial charge on any atom is 0.124 e. The molecule has 6 nitrogen and oxygen atoms in total. The molecule has 0 saturated heterocycles. The van der Waals surface area contributed by atoms with E-state index in [1.165, 1.54) is 14.2 Å². The Morgan fingerprint density at radius 3 is 2.60 bits per heavy atom. The molecule has 0 heterocycles. The summed E-state index contributed by atoms with van der Waals surface area (Å²) < 4.78 is 0. The second-order valence-corrected chi connectivity index (χ2v) is 4.54. The Kier molecular flexibility index (Phi) is 6.97.